The summed E-state index contributed by atoms with van der Waals surface area (Å²) >= 11 is 0. The molecule has 0 aliphatic rings. The van der Waals surface area contributed by atoms with Gasteiger partial charge in [0.05, 0.1) is 0 Å². The molecule has 3 nitrogen and oxygen atoms in total. The summed E-state index contributed by atoms with van der Waals surface area (Å²) in [5.41, 5.74) is 0. The van der Waals surface area contributed by atoms with Crippen molar-refractivity contribution in [3.63, 3.8) is 0 Å². The van der Waals surface area contributed by atoms with Gasteiger partial charge in [0, 0.05) is 0 Å². The summed E-state index contributed by atoms with van der Waals surface area (Å²) in [4.78, 5) is 11.2. The van der Waals surface area contributed by atoms with Crippen LogP contribution in [0.25, 0.3) is 0 Å². The van der Waals surface area contributed by atoms with Gasteiger partial charge in [-0.1, -0.05) is 117 Å². The first-order valence-electron chi connectivity index (χ1n) is 12.0. The van der Waals surface area contributed by atoms with Gasteiger partial charge in [0.1, 0.15) is 6.04 Å². The average Bonchev–Trinajstić information content (AvgIpc) is 2.62. The first-order chi connectivity index (χ1) is 13.1. The molecule has 1 unspecified atom stereocenters. The second-order valence-corrected chi connectivity index (χ2v) is 8.78. The molecule has 0 aromatic rings. The molecule has 0 aliphatic heterocycles. The van der Waals surface area contributed by atoms with Crippen LogP contribution in [-0.4, -0.2) is 23.7 Å². The number of aliphatic carboxylic acids is 1. The van der Waals surface area contributed by atoms with Gasteiger partial charge in [-0.15, -0.1) is 0 Å². The Morgan fingerprint density at radius 1 is 0.704 bits per heavy atom. The van der Waals surface area contributed by atoms with E-state index in [0.717, 1.165) is 13.0 Å². The molecule has 0 aromatic heterocycles. The Labute approximate surface area is 170 Å². The molecular formula is C24H49NO2. The Balaban J connectivity index is 3.23. The van der Waals surface area contributed by atoms with E-state index in [-0.39, 0.29) is 6.04 Å². The normalized spacial score (nSPS) is 12.6. The fourth-order valence-corrected chi connectivity index (χ4v) is 3.69. The van der Waals surface area contributed by atoms with Crippen molar-refractivity contribution >= 4 is 5.97 Å². The van der Waals surface area contributed by atoms with E-state index < -0.39 is 5.97 Å². The third kappa shape index (κ3) is 20.0. The van der Waals surface area contributed by atoms with E-state index in [4.69, 9.17) is 0 Å². The van der Waals surface area contributed by atoms with Crippen LogP contribution in [0.2, 0.25) is 0 Å². The molecule has 0 radical (unpaired) electrons. The minimum absolute atomic E-state index is 0.374. The Hall–Kier alpha value is -0.570. The summed E-state index contributed by atoms with van der Waals surface area (Å²) in [6.07, 6.45) is 22.7. The second-order valence-electron chi connectivity index (χ2n) is 8.78. The smallest absolute Gasteiger partial charge is 0.320 e. The van der Waals surface area contributed by atoms with Crippen LogP contribution in [0, 0.1) is 5.92 Å². The van der Waals surface area contributed by atoms with E-state index in [1.54, 1.807) is 0 Å². The maximum Gasteiger partial charge on any atom is 0.320 e. The van der Waals surface area contributed by atoms with Gasteiger partial charge in [-0.25, -0.2) is 0 Å². The molecule has 3 heteroatoms. The van der Waals surface area contributed by atoms with Gasteiger partial charge in [-0.2, -0.15) is 0 Å². The highest BCUT2D eigenvalue weighted by Crippen LogP contribution is 2.13. The number of hydrogen-bond acceptors (Lipinski definition) is 2. The van der Waals surface area contributed by atoms with Gasteiger partial charge < -0.3 is 10.4 Å². The summed E-state index contributed by atoms with van der Waals surface area (Å²) in [6.45, 7) is 7.27. The Bertz CT molecular complexity index is 318. The fraction of sp³-hybridized carbons (Fsp3) is 0.958. The zero-order chi connectivity index (χ0) is 20.2. The topological polar surface area (TPSA) is 49.3 Å². The molecule has 0 saturated carbocycles. The minimum Gasteiger partial charge on any atom is -0.480 e. The first-order valence-corrected chi connectivity index (χ1v) is 12.0. The van der Waals surface area contributed by atoms with Gasteiger partial charge in [0.25, 0.3) is 0 Å². The molecule has 0 spiro atoms. The van der Waals surface area contributed by atoms with Crippen molar-refractivity contribution in [1.29, 1.82) is 0 Å². The molecule has 162 valence electrons. The monoisotopic (exact) mass is 383 g/mol. The number of carbonyl (C=O) groups is 1. The minimum atomic E-state index is -0.708. The van der Waals surface area contributed by atoms with Crippen LogP contribution >= 0.6 is 0 Å². The molecule has 0 aliphatic carbocycles. The van der Waals surface area contributed by atoms with Crippen LogP contribution in [-0.2, 0) is 4.79 Å². The molecule has 2 N–H and O–H groups in total. The van der Waals surface area contributed by atoms with Crippen LogP contribution in [0.15, 0.2) is 0 Å². The van der Waals surface area contributed by atoms with Crippen molar-refractivity contribution in [2.45, 2.75) is 136 Å². The predicted molar refractivity (Wildman–Crippen MR) is 118 cm³/mol. The Kier molecular flexibility index (Phi) is 19.7. The summed E-state index contributed by atoms with van der Waals surface area (Å²) in [5.74, 6) is -0.287. The number of hydrogen-bond donors (Lipinski definition) is 2. The quantitative estimate of drug-likeness (QED) is 0.204. The van der Waals surface area contributed by atoms with E-state index in [0.29, 0.717) is 12.3 Å². The lowest BCUT2D eigenvalue weighted by molar-refractivity contribution is -0.139. The van der Waals surface area contributed by atoms with Crippen molar-refractivity contribution < 1.29 is 9.90 Å². The van der Waals surface area contributed by atoms with E-state index in [1.165, 1.54) is 96.3 Å². The maximum absolute atomic E-state index is 11.2. The van der Waals surface area contributed by atoms with E-state index in [9.17, 15) is 9.90 Å². The van der Waals surface area contributed by atoms with Crippen LogP contribution < -0.4 is 5.32 Å². The first kappa shape index (κ1) is 26.4. The predicted octanol–water partition coefficient (Wildman–Crippen LogP) is 7.34. The zero-order valence-corrected chi connectivity index (χ0v) is 18.7. The molecule has 0 bridgehead atoms. The lowest BCUT2D eigenvalue weighted by Crippen LogP contribution is -2.38. The van der Waals surface area contributed by atoms with Gasteiger partial charge in [0.2, 0.25) is 0 Å². The molecule has 0 aromatic carbocycles. The lowest BCUT2D eigenvalue weighted by atomic mass is 10.0. The summed E-state index contributed by atoms with van der Waals surface area (Å²) in [7, 11) is 0. The molecule has 27 heavy (non-hydrogen) atoms. The molecule has 0 fully saturated rings. The third-order valence-corrected chi connectivity index (χ3v) is 5.43. The summed E-state index contributed by atoms with van der Waals surface area (Å²) < 4.78 is 0. The molecule has 1 atom stereocenters. The largest absolute Gasteiger partial charge is 0.480 e. The average molecular weight is 384 g/mol. The van der Waals surface area contributed by atoms with Crippen LogP contribution in [0.1, 0.15) is 130 Å². The fourth-order valence-electron chi connectivity index (χ4n) is 3.69. The maximum atomic E-state index is 11.2. The highest BCUT2D eigenvalue weighted by molar-refractivity contribution is 5.73. The number of carboxylic acid groups (broad SMARTS) is 1. The van der Waals surface area contributed by atoms with Crippen molar-refractivity contribution in [1.82, 2.24) is 5.32 Å². The Morgan fingerprint density at radius 2 is 1.07 bits per heavy atom. The number of rotatable bonds is 21. The van der Waals surface area contributed by atoms with E-state index in [1.807, 2.05) is 0 Å². The SMILES string of the molecule is CCCCCCCCCCCCCCCCCCNC(CC(C)C)C(=O)O. The van der Waals surface area contributed by atoms with Crippen molar-refractivity contribution in [3.8, 4) is 0 Å². The van der Waals surface area contributed by atoms with E-state index in [2.05, 4.69) is 26.1 Å². The number of nitrogens with one attached hydrogen (secondary N) is 1. The summed E-state index contributed by atoms with van der Waals surface area (Å²) in [6, 6.07) is -0.374. The molecule has 0 saturated heterocycles. The van der Waals surface area contributed by atoms with Gasteiger partial charge in [-0.05, 0) is 25.3 Å². The standard InChI is InChI=1S/C24H49NO2/c1-4-5-6-7-8-9-10-11-12-13-14-15-16-17-18-19-20-25-23(24(26)27)21-22(2)3/h22-23,25H,4-21H2,1-3H3,(H,26,27). The van der Waals surface area contributed by atoms with Crippen molar-refractivity contribution in [3.05, 3.63) is 0 Å². The molecular weight excluding hydrogens is 334 g/mol. The lowest BCUT2D eigenvalue weighted by Gasteiger charge is -2.16. The number of carboxylic acids is 1. The zero-order valence-electron chi connectivity index (χ0n) is 18.7. The second kappa shape index (κ2) is 20.2. The highest BCUT2D eigenvalue weighted by Gasteiger charge is 2.17. The van der Waals surface area contributed by atoms with Crippen molar-refractivity contribution in [2.24, 2.45) is 5.92 Å². The third-order valence-electron chi connectivity index (χ3n) is 5.43. The summed E-state index contributed by atoms with van der Waals surface area (Å²) in [5, 5.41) is 12.4. The molecule has 0 heterocycles. The van der Waals surface area contributed by atoms with Gasteiger partial charge >= 0.3 is 5.97 Å². The molecule has 0 rings (SSSR count). The van der Waals surface area contributed by atoms with Gasteiger partial charge in [-0.3, -0.25) is 4.79 Å². The Morgan fingerprint density at radius 3 is 1.41 bits per heavy atom. The van der Waals surface area contributed by atoms with E-state index >= 15 is 0 Å². The van der Waals surface area contributed by atoms with Gasteiger partial charge in [0.15, 0.2) is 0 Å². The molecule has 0 amide bonds. The van der Waals surface area contributed by atoms with Crippen LogP contribution in [0.5, 0.6) is 0 Å². The highest BCUT2D eigenvalue weighted by atomic mass is 16.4. The number of unbranched alkanes of at least 4 members (excludes halogenated alkanes) is 15. The van der Waals surface area contributed by atoms with Crippen LogP contribution in [0.4, 0.5) is 0 Å². The van der Waals surface area contributed by atoms with Crippen LogP contribution in [0.3, 0.4) is 0 Å². The van der Waals surface area contributed by atoms with Crippen molar-refractivity contribution in [2.75, 3.05) is 6.54 Å².